The first-order valence-electron chi connectivity index (χ1n) is 6.00. The summed E-state index contributed by atoms with van der Waals surface area (Å²) in [5.41, 5.74) is 0.492. The molecule has 5 nitrogen and oxygen atoms in total. The van der Waals surface area contributed by atoms with E-state index < -0.39 is 0 Å². The maximum Gasteiger partial charge on any atom is 0.258 e. The van der Waals surface area contributed by atoms with Crippen molar-refractivity contribution in [2.24, 2.45) is 0 Å². The van der Waals surface area contributed by atoms with Crippen LogP contribution in [0.5, 0.6) is 5.75 Å². The van der Waals surface area contributed by atoms with Gasteiger partial charge in [-0.25, -0.2) is 0 Å². The second kappa shape index (κ2) is 6.36. The van der Waals surface area contributed by atoms with Gasteiger partial charge in [-0.15, -0.1) is 0 Å². The molecular weight excluding hydrogens is 314 g/mol. The fourth-order valence-corrected chi connectivity index (χ4v) is 2.41. The summed E-state index contributed by atoms with van der Waals surface area (Å²) >= 11 is 3.34. The Morgan fingerprint density at radius 1 is 1.63 bits per heavy atom. The molecule has 1 aliphatic rings. The number of benzene rings is 1. The minimum Gasteiger partial charge on any atom is -0.496 e. The van der Waals surface area contributed by atoms with Gasteiger partial charge in [-0.1, -0.05) is 15.9 Å². The van der Waals surface area contributed by atoms with Crippen LogP contribution in [0, 0.1) is 0 Å². The van der Waals surface area contributed by atoms with Crippen LogP contribution in [0.2, 0.25) is 0 Å². The Hall–Kier alpha value is -1.11. The van der Waals surface area contributed by atoms with Crippen molar-refractivity contribution in [3.63, 3.8) is 0 Å². The van der Waals surface area contributed by atoms with E-state index in [1.807, 2.05) is 0 Å². The molecule has 1 atom stereocenters. The number of rotatable bonds is 3. The van der Waals surface area contributed by atoms with Gasteiger partial charge in [0.15, 0.2) is 0 Å². The number of carbonyl (C=O) groups is 1. The van der Waals surface area contributed by atoms with E-state index in [1.165, 1.54) is 7.11 Å². The van der Waals surface area contributed by atoms with Crippen molar-refractivity contribution in [3.05, 3.63) is 28.2 Å². The van der Waals surface area contributed by atoms with E-state index in [0.29, 0.717) is 31.1 Å². The summed E-state index contributed by atoms with van der Waals surface area (Å²) in [5, 5.41) is 9.32. The van der Waals surface area contributed by atoms with Crippen molar-refractivity contribution in [2.45, 2.75) is 6.04 Å². The first kappa shape index (κ1) is 14.3. The first-order valence-corrected chi connectivity index (χ1v) is 6.79. The lowest BCUT2D eigenvalue weighted by atomic mass is 10.1. The van der Waals surface area contributed by atoms with Gasteiger partial charge in [-0.2, -0.15) is 0 Å². The summed E-state index contributed by atoms with van der Waals surface area (Å²) in [4.78, 5) is 14.2. The highest BCUT2D eigenvalue weighted by Gasteiger charge is 2.29. The Kier molecular flexibility index (Phi) is 4.79. The van der Waals surface area contributed by atoms with Crippen LogP contribution in [0.25, 0.3) is 0 Å². The van der Waals surface area contributed by atoms with Gasteiger partial charge in [0.25, 0.3) is 5.91 Å². The Balaban J connectivity index is 2.27. The molecule has 1 aromatic carbocycles. The normalized spacial score (nSPS) is 19.3. The maximum absolute atomic E-state index is 12.5. The molecule has 1 saturated heterocycles. The Morgan fingerprint density at radius 2 is 2.42 bits per heavy atom. The van der Waals surface area contributed by atoms with Crippen LogP contribution < -0.4 is 4.74 Å². The largest absolute Gasteiger partial charge is 0.496 e. The lowest BCUT2D eigenvalue weighted by molar-refractivity contribution is -0.0185. The first-order chi connectivity index (χ1) is 9.17. The van der Waals surface area contributed by atoms with Crippen LogP contribution in [-0.2, 0) is 4.74 Å². The molecule has 0 radical (unpaired) electrons. The third-order valence-electron chi connectivity index (χ3n) is 3.09. The van der Waals surface area contributed by atoms with E-state index in [9.17, 15) is 9.90 Å². The molecule has 19 heavy (non-hydrogen) atoms. The minimum absolute atomic E-state index is 0.107. The van der Waals surface area contributed by atoms with Crippen LogP contribution in [0.15, 0.2) is 22.7 Å². The molecular formula is C13H16BrNO4. The number of methoxy groups -OCH3 is 1. The van der Waals surface area contributed by atoms with Crippen molar-refractivity contribution < 1.29 is 19.4 Å². The second-order valence-electron chi connectivity index (χ2n) is 4.25. The van der Waals surface area contributed by atoms with Crippen molar-refractivity contribution in [2.75, 3.05) is 33.5 Å². The fourth-order valence-electron chi connectivity index (χ4n) is 2.07. The molecule has 1 fully saturated rings. The highest BCUT2D eigenvalue weighted by Crippen LogP contribution is 2.25. The number of hydrogen-bond acceptors (Lipinski definition) is 4. The number of ether oxygens (including phenoxy) is 2. The number of hydrogen-bond donors (Lipinski definition) is 1. The minimum atomic E-state index is -0.297. The molecule has 104 valence electrons. The van der Waals surface area contributed by atoms with E-state index in [-0.39, 0.29) is 18.6 Å². The smallest absolute Gasteiger partial charge is 0.258 e. The molecule has 1 heterocycles. The van der Waals surface area contributed by atoms with Gasteiger partial charge in [0.05, 0.1) is 38.5 Å². The van der Waals surface area contributed by atoms with E-state index in [2.05, 4.69) is 15.9 Å². The SMILES string of the molecule is COc1cc(Br)ccc1C(=O)N1CCOCC1CO. The molecule has 1 N–H and O–H groups in total. The summed E-state index contributed by atoms with van der Waals surface area (Å²) in [7, 11) is 1.53. The van der Waals surface area contributed by atoms with Gasteiger partial charge < -0.3 is 19.5 Å². The third kappa shape index (κ3) is 3.08. The van der Waals surface area contributed by atoms with E-state index >= 15 is 0 Å². The Bertz CT molecular complexity index is 466. The highest BCUT2D eigenvalue weighted by atomic mass is 79.9. The molecule has 0 aromatic heterocycles. The predicted octanol–water partition coefficient (Wildman–Crippen LogP) is 1.29. The zero-order valence-corrected chi connectivity index (χ0v) is 12.2. The Labute approximate surface area is 120 Å². The van der Waals surface area contributed by atoms with Gasteiger partial charge in [-0.05, 0) is 18.2 Å². The number of aliphatic hydroxyl groups is 1. The number of carbonyl (C=O) groups excluding carboxylic acids is 1. The number of amides is 1. The topological polar surface area (TPSA) is 59.0 Å². The summed E-state index contributed by atoms with van der Waals surface area (Å²) in [6.45, 7) is 1.22. The zero-order chi connectivity index (χ0) is 13.8. The molecule has 1 amide bonds. The number of nitrogens with zero attached hydrogens (tertiary/aromatic N) is 1. The van der Waals surface area contributed by atoms with Crippen LogP contribution in [0.1, 0.15) is 10.4 Å². The van der Waals surface area contributed by atoms with Crippen molar-refractivity contribution in [3.8, 4) is 5.75 Å². The average Bonchev–Trinajstić information content (AvgIpc) is 2.46. The molecule has 2 rings (SSSR count). The zero-order valence-electron chi connectivity index (χ0n) is 10.6. The quantitative estimate of drug-likeness (QED) is 0.907. The van der Waals surface area contributed by atoms with Gasteiger partial charge in [-0.3, -0.25) is 4.79 Å². The Morgan fingerprint density at radius 3 is 3.11 bits per heavy atom. The molecule has 0 bridgehead atoms. The molecule has 0 spiro atoms. The molecule has 1 unspecified atom stereocenters. The average molecular weight is 330 g/mol. The summed E-state index contributed by atoms with van der Waals surface area (Å²) in [6, 6.07) is 4.97. The summed E-state index contributed by atoms with van der Waals surface area (Å²) < 4.78 is 11.4. The van der Waals surface area contributed by atoms with Crippen LogP contribution in [-0.4, -0.2) is 55.4 Å². The van der Waals surface area contributed by atoms with E-state index in [1.54, 1.807) is 23.1 Å². The number of aliphatic hydroxyl groups excluding tert-OH is 1. The molecule has 1 aliphatic heterocycles. The number of morpholine rings is 1. The standard InChI is InChI=1S/C13H16BrNO4/c1-18-12-6-9(14)2-3-11(12)13(17)15-4-5-19-8-10(15)7-16/h2-3,6,10,16H,4-5,7-8H2,1H3. The third-order valence-corrected chi connectivity index (χ3v) is 3.59. The van der Waals surface area contributed by atoms with Crippen LogP contribution in [0.3, 0.4) is 0 Å². The van der Waals surface area contributed by atoms with Gasteiger partial charge in [0.2, 0.25) is 0 Å². The van der Waals surface area contributed by atoms with E-state index in [0.717, 1.165) is 4.47 Å². The summed E-state index contributed by atoms with van der Waals surface area (Å²) in [6.07, 6.45) is 0. The second-order valence-corrected chi connectivity index (χ2v) is 5.17. The van der Waals surface area contributed by atoms with Gasteiger partial charge in [0.1, 0.15) is 5.75 Å². The fraction of sp³-hybridized carbons (Fsp3) is 0.462. The maximum atomic E-state index is 12.5. The molecule has 0 aliphatic carbocycles. The lowest BCUT2D eigenvalue weighted by Gasteiger charge is -2.34. The predicted molar refractivity (Wildman–Crippen MR) is 73.4 cm³/mol. The van der Waals surface area contributed by atoms with Gasteiger partial charge >= 0.3 is 0 Å². The van der Waals surface area contributed by atoms with Crippen molar-refractivity contribution >= 4 is 21.8 Å². The summed E-state index contributed by atoms with van der Waals surface area (Å²) in [5.74, 6) is 0.370. The monoisotopic (exact) mass is 329 g/mol. The highest BCUT2D eigenvalue weighted by molar-refractivity contribution is 9.10. The lowest BCUT2D eigenvalue weighted by Crippen LogP contribution is -2.50. The molecule has 0 saturated carbocycles. The van der Waals surface area contributed by atoms with E-state index in [4.69, 9.17) is 9.47 Å². The van der Waals surface area contributed by atoms with Crippen LogP contribution in [0.4, 0.5) is 0 Å². The number of halogens is 1. The van der Waals surface area contributed by atoms with Gasteiger partial charge in [0, 0.05) is 11.0 Å². The molecule has 1 aromatic rings. The van der Waals surface area contributed by atoms with Crippen LogP contribution >= 0.6 is 15.9 Å². The van der Waals surface area contributed by atoms with Crippen molar-refractivity contribution in [1.82, 2.24) is 4.90 Å². The molecule has 6 heteroatoms. The van der Waals surface area contributed by atoms with Crippen molar-refractivity contribution in [1.29, 1.82) is 0 Å².